The van der Waals surface area contributed by atoms with Crippen LogP contribution in [0.1, 0.15) is 37.6 Å². The van der Waals surface area contributed by atoms with Gasteiger partial charge in [0.1, 0.15) is 13.7 Å². The zero-order valence-electron chi connectivity index (χ0n) is 21.8. The van der Waals surface area contributed by atoms with Crippen LogP contribution in [0.25, 0.3) is 16.8 Å². The molecule has 2 atom stereocenters. The largest absolute Gasteiger partial charge is 0.274 e. The van der Waals surface area contributed by atoms with E-state index in [4.69, 9.17) is 0 Å². The van der Waals surface area contributed by atoms with Crippen molar-refractivity contribution in [2.24, 2.45) is 5.41 Å². The fourth-order valence-electron chi connectivity index (χ4n) is 5.12. The highest BCUT2D eigenvalue weighted by Gasteiger charge is 2.52. The predicted molar refractivity (Wildman–Crippen MR) is 148 cm³/mol. The smallest absolute Gasteiger partial charge is 0.269 e. The van der Waals surface area contributed by atoms with Gasteiger partial charge in [0.05, 0.1) is 16.6 Å². The molecular weight excluding hydrogens is 537 g/mol. The number of sulfonamides is 1. The van der Waals surface area contributed by atoms with Crippen molar-refractivity contribution < 1.29 is 16.8 Å². The lowest BCUT2D eigenvalue weighted by Gasteiger charge is -2.51. The summed E-state index contributed by atoms with van der Waals surface area (Å²) >= 11 is 0. The van der Waals surface area contributed by atoms with Gasteiger partial charge in [-0.25, -0.2) is 35.5 Å². The van der Waals surface area contributed by atoms with E-state index >= 15 is 0 Å². The lowest BCUT2D eigenvalue weighted by molar-refractivity contribution is 0.0796. The van der Waals surface area contributed by atoms with E-state index < -0.39 is 25.5 Å². The van der Waals surface area contributed by atoms with Gasteiger partial charge in [0.25, 0.3) is 20.0 Å². The third kappa shape index (κ3) is 4.05. The SMILES string of the molecule is Bc1ccc(S(=O)(=O)NC2C[C@H](c3nnc4cnc5c(ccn5S(=O)(=O)c5ccc(C)cc5)n34)C2(C)C)nc1. The minimum absolute atomic E-state index is 0.0239. The molecule has 4 heterocycles. The first-order valence-corrected chi connectivity index (χ1v) is 15.3. The van der Waals surface area contributed by atoms with Crippen molar-refractivity contribution >= 4 is 50.2 Å². The van der Waals surface area contributed by atoms with Crippen molar-refractivity contribution in [1.82, 2.24) is 33.3 Å². The van der Waals surface area contributed by atoms with Gasteiger partial charge in [-0.3, -0.25) is 4.40 Å². The maximum absolute atomic E-state index is 13.4. The Morgan fingerprint density at radius 3 is 2.38 bits per heavy atom. The van der Waals surface area contributed by atoms with E-state index in [1.165, 1.54) is 24.7 Å². The van der Waals surface area contributed by atoms with Crippen LogP contribution in [-0.4, -0.2) is 59.3 Å². The summed E-state index contributed by atoms with van der Waals surface area (Å²) in [6.45, 7) is 5.84. The van der Waals surface area contributed by atoms with Crippen LogP contribution in [0.4, 0.5) is 0 Å². The van der Waals surface area contributed by atoms with Gasteiger partial charge >= 0.3 is 0 Å². The van der Waals surface area contributed by atoms with Crippen LogP contribution in [0.3, 0.4) is 0 Å². The van der Waals surface area contributed by atoms with Crippen molar-refractivity contribution in [2.45, 2.75) is 49.1 Å². The summed E-state index contributed by atoms with van der Waals surface area (Å²) in [6.07, 6.45) is 4.99. The molecule has 1 aliphatic rings. The Morgan fingerprint density at radius 1 is 0.974 bits per heavy atom. The van der Waals surface area contributed by atoms with Crippen molar-refractivity contribution in [2.75, 3.05) is 0 Å². The van der Waals surface area contributed by atoms with Gasteiger partial charge in [-0.15, -0.1) is 10.2 Å². The summed E-state index contributed by atoms with van der Waals surface area (Å²) in [5.74, 6) is 0.477. The van der Waals surface area contributed by atoms with Gasteiger partial charge in [0, 0.05) is 24.4 Å². The van der Waals surface area contributed by atoms with Crippen molar-refractivity contribution in [1.29, 1.82) is 0 Å². The lowest BCUT2D eigenvalue weighted by atomic mass is 9.58. The Morgan fingerprint density at radius 2 is 1.72 bits per heavy atom. The Bertz CT molecular complexity index is 1950. The van der Waals surface area contributed by atoms with Crippen molar-refractivity contribution in [3.05, 3.63) is 72.4 Å². The van der Waals surface area contributed by atoms with Gasteiger partial charge < -0.3 is 0 Å². The molecule has 0 bridgehead atoms. The number of rotatable bonds is 6. The molecule has 4 aromatic heterocycles. The topological polar surface area (TPSA) is 141 Å². The molecule has 1 fully saturated rings. The molecule has 5 aromatic rings. The fraction of sp³-hybridized carbons (Fsp3) is 0.280. The highest BCUT2D eigenvalue weighted by Crippen LogP contribution is 2.52. The summed E-state index contributed by atoms with van der Waals surface area (Å²) in [4.78, 5) is 8.62. The minimum atomic E-state index is -3.88. The molecule has 0 amide bonds. The standard InChI is InChI=1S/C25H26BN7O4S2/c1-15-4-7-17(8-5-15)39(36,37)32-11-10-19-24(32)28-14-21-29-30-23(33(19)21)18-12-20(25(18,2)3)31-38(34,35)22-9-6-16(26)13-27-22/h4-11,13-14,18,20,31H,12,26H2,1-3H3/t18-,20?/m1/s1. The Kier molecular flexibility index (Phi) is 5.72. The number of aryl methyl sites for hydroxylation is 1. The third-order valence-corrected chi connectivity index (χ3v) is 10.7. The summed E-state index contributed by atoms with van der Waals surface area (Å²) in [6, 6.07) is 11.2. The second-order valence-corrected chi connectivity index (χ2v) is 14.1. The highest BCUT2D eigenvalue weighted by molar-refractivity contribution is 7.90. The zero-order valence-corrected chi connectivity index (χ0v) is 23.4. The summed E-state index contributed by atoms with van der Waals surface area (Å²) < 4.78 is 58.5. The number of benzene rings is 1. The second-order valence-electron chi connectivity index (χ2n) is 10.6. The van der Waals surface area contributed by atoms with E-state index in [0.29, 0.717) is 23.4 Å². The molecule has 1 saturated carbocycles. The molecule has 0 aliphatic heterocycles. The lowest BCUT2D eigenvalue weighted by Crippen LogP contribution is -2.57. The monoisotopic (exact) mass is 563 g/mol. The molecule has 200 valence electrons. The van der Waals surface area contributed by atoms with E-state index in [1.54, 1.807) is 36.4 Å². The Hall–Kier alpha value is -3.62. The molecule has 0 radical (unpaired) electrons. The number of nitrogens with one attached hydrogen (secondary N) is 1. The summed E-state index contributed by atoms with van der Waals surface area (Å²) in [7, 11) is -5.84. The number of hydrogen-bond acceptors (Lipinski definition) is 8. The minimum Gasteiger partial charge on any atom is -0.274 e. The molecule has 0 spiro atoms. The predicted octanol–water partition coefficient (Wildman–Crippen LogP) is 1.14. The average Bonchev–Trinajstić information content (AvgIpc) is 3.51. The highest BCUT2D eigenvalue weighted by atomic mass is 32.2. The van der Waals surface area contributed by atoms with Gasteiger partial charge in [-0.05, 0) is 43.0 Å². The maximum atomic E-state index is 13.4. The Labute approximate surface area is 226 Å². The maximum Gasteiger partial charge on any atom is 0.269 e. The molecule has 1 aliphatic carbocycles. The molecule has 0 saturated heterocycles. The number of nitrogens with zero attached hydrogens (tertiary/aromatic N) is 6. The molecule has 11 nitrogen and oxygen atoms in total. The second kappa shape index (κ2) is 8.70. The van der Waals surface area contributed by atoms with Crippen LogP contribution in [0.15, 0.2) is 71.0 Å². The molecule has 14 heteroatoms. The number of fused-ring (bicyclic) bond motifs is 3. The van der Waals surface area contributed by atoms with Crippen LogP contribution in [0, 0.1) is 12.3 Å². The first kappa shape index (κ1) is 25.7. The molecule has 1 N–H and O–H groups in total. The van der Waals surface area contributed by atoms with E-state index in [-0.39, 0.29) is 27.5 Å². The summed E-state index contributed by atoms with van der Waals surface area (Å²) in [5.41, 5.74) is 2.60. The van der Waals surface area contributed by atoms with Crippen LogP contribution >= 0.6 is 0 Å². The average molecular weight is 563 g/mol. The number of hydrogen-bond donors (Lipinski definition) is 1. The molecule has 6 rings (SSSR count). The van der Waals surface area contributed by atoms with Crippen LogP contribution in [-0.2, 0) is 20.0 Å². The van der Waals surface area contributed by atoms with Crippen LogP contribution in [0.2, 0.25) is 0 Å². The van der Waals surface area contributed by atoms with E-state index in [0.717, 1.165) is 15.0 Å². The molecule has 39 heavy (non-hydrogen) atoms. The van der Waals surface area contributed by atoms with E-state index in [1.807, 2.05) is 33.0 Å². The first-order valence-electron chi connectivity index (χ1n) is 12.4. The van der Waals surface area contributed by atoms with Gasteiger partial charge in [-0.1, -0.05) is 43.1 Å². The number of aromatic nitrogens is 6. The van der Waals surface area contributed by atoms with Crippen molar-refractivity contribution in [3.63, 3.8) is 0 Å². The molecule has 1 aromatic carbocycles. The van der Waals surface area contributed by atoms with E-state index in [9.17, 15) is 16.8 Å². The summed E-state index contributed by atoms with van der Waals surface area (Å²) in [5, 5.41) is 8.68. The molecule has 1 unspecified atom stereocenters. The number of pyridine rings is 1. The van der Waals surface area contributed by atoms with Crippen LogP contribution < -0.4 is 10.2 Å². The molecular formula is C25H26BN7O4S2. The first-order chi connectivity index (χ1) is 18.4. The van der Waals surface area contributed by atoms with Crippen LogP contribution in [0.5, 0.6) is 0 Å². The quantitative estimate of drug-likeness (QED) is 0.303. The zero-order chi connectivity index (χ0) is 27.7. The van der Waals surface area contributed by atoms with E-state index in [2.05, 4.69) is 24.9 Å². The van der Waals surface area contributed by atoms with Gasteiger partial charge in [0.15, 0.2) is 16.3 Å². The van der Waals surface area contributed by atoms with Gasteiger partial charge in [-0.2, -0.15) is 0 Å². The Balaban J connectivity index is 1.35. The van der Waals surface area contributed by atoms with Crippen molar-refractivity contribution in [3.8, 4) is 0 Å². The normalized spacial score (nSPS) is 19.4. The fourth-order valence-corrected chi connectivity index (χ4v) is 7.75. The third-order valence-electron chi connectivity index (χ3n) is 7.68. The van der Waals surface area contributed by atoms with Gasteiger partial charge in [0.2, 0.25) is 0 Å².